The molecule has 0 spiro atoms. The summed E-state index contributed by atoms with van der Waals surface area (Å²) in [7, 11) is 0. The second kappa shape index (κ2) is 3.93. The molecule has 0 aromatic carbocycles. The molecule has 1 aliphatic heterocycles. The third-order valence-electron chi connectivity index (χ3n) is 3.56. The number of carbonyl (C=O) groups excluding carboxylic acids is 2. The molecule has 2 aliphatic rings. The van der Waals surface area contributed by atoms with Crippen molar-refractivity contribution in [3.8, 4) is 0 Å². The predicted molar refractivity (Wildman–Crippen MR) is 54.2 cm³/mol. The molecule has 4 heteroatoms. The summed E-state index contributed by atoms with van der Waals surface area (Å²) in [5, 5.41) is 0. The van der Waals surface area contributed by atoms with E-state index in [1.54, 1.807) is 0 Å². The zero-order chi connectivity index (χ0) is 10.9. The Kier molecular flexibility index (Phi) is 2.78. The van der Waals surface area contributed by atoms with Crippen LogP contribution in [-0.4, -0.2) is 35.5 Å². The molecule has 1 aliphatic carbocycles. The highest BCUT2D eigenvalue weighted by Gasteiger charge is 2.38. The van der Waals surface area contributed by atoms with Crippen LogP contribution in [-0.2, 0) is 14.3 Å². The molecule has 0 aromatic heterocycles. The minimum atomic E-state index is -0.405. The minimum Gasteiger partial charge on any atom is -0.391 e. The Bertz CT molecular complexity index is 266. The van der Waals surface area contributed by atoms with Gasteiger partial charge in [0.25, 0.3) is 0 Å². The molecule has 0 amide bonds. The van der Waals surface area contributed by atoms with E-state index < -0.39 is 11.9 Å². The van der Waals surface area contributed by atoms with E-state index in [1.807, 2.05) is 4.90 Å². The summed E-state index contributed by atoms with van der Waals surface area (Å²) < 4.78 is 4.53. The minimum absolute atomic E-state index is 0.0212. The lowest BCUT2D eigenvalue weighted by Gasteiger charge is -2.44. The first kappa shape index (κ1) is 10.6. The molecule has 0 atom stereocenters. The highest BCUT2D eigenvalue weighted by atomic mass is 16.6. The van der Waals surface area contributed by atoms with E-state index in [1.165, 1.54) is 19.3 Å². The van der Waals surface area contributed by atoms with Crippen LogP contribution >= 0.6 is 0 Å². The average Bonchev–Trinajstić information content (AvgIpc) is 2.17. The lowest BCUT2D eigenvalue weighted by atomic mass is 9.81. The Morgan fingerprint density at radius 3 is 2.13 bits per heavy atom. The third-order valence-corrected chi connectivity index (χ3v) is 3.56. The summed E-state index contributed by atoms with van der Waals surface area (Å²) in [5.74, 6) is -0.809. The third kappa shape index (κ3) is 2.20. The number of cyclic esters (lactones) is 2. The maximum Gasteiger partial charge on any atom is 0.327 e. The average molecular weight is 211 g/mol. The van der Waals surface area contributed by atoms with Crippen LogP contribution in [0.15, 0.2) is 0 Å². The summed E-state index contributed by atoms with van der Waals surface area (Å²) in [6, 6.07) is 0. The van der Waals surface area contributed by atoms with E-state index >= 15 is 0 Å². The van der Waals surface area contributed by atoms with Crippen molar-refractivity contribution in [2.75, 3.05) is 13.1 Å². The standard InChI is InChI=1S/C11H17NO3/c1-11(5-3-2-4-6-11)12-7-9(13)15-10(14)8-12/h2-8H2,1H3. The number of esters is 2. The monoisotopic (exact) mass is 211 g/mol. The Hall–Kier alpha value is -0.900. The van der Waals surface area contributed by atoms with E-state index in [0.717, 1.165) is 12.8 Å². The normalized spacial score (nSPS) is 27.5. The topological polar surface area (TPSA) is 46.6 Å². The molecule has 0 N–H and O–H groups in total. The van der Waals surface area contributed by atoms with Crippen LogP contribution in [0.4, 0.5) is 0 Å². The summed E-state index contributed by atoms with van der Waals surface area (Å²) in [5.41, 5.74) is 0.0212. The molecule has 1 saturated carbocycles. The Labute approximate surface area is 89.6 Å². The van der Waals surface area contributed by atoms with Gasteiger partial charge in [0.2, 0.25) is 0 Å². The van der Waals surface area contributed by atoms with Crippen molar-refractivity contribution >= 4 is 11.9 Å². The maximum absolute atomic E-state index is 11.2. The van der Waals surface area contributed by atoms with E-state index in [-0.39, 0.29) is 18.6 Å². The van der Waals surface area contributed by atoms with Crippen molar-refractivity contribution in [2.45, 2.75) is 44.6 Å². The molecule has 2 fully saturated rings. The van der Waals surface area contributed by atoms with Crippen molar-refractivity contribution in [1.82, 2.24) is 4.90 Å². The first-order chi connectivity index (χ1) is 7.10. The van der Waals surface area contributed by atoms with Gasteiger partial charge in [0.15, 0.2) is 0 Å². The van der Waals surface area contributed by atoms with Crippen molar-refractivity contribution < 1.29 is 14.3 Å². The molecule has 1 heterocycles. The van der Waals surface area contributed by atoms with Gasteiger partial charge in [-0.15, -0.1) is 0 Å². The van der Waals surface area contributed by atoms with E-state index in [0.29, 0.717) is 0 Å². The van der Waals surface area contributed by atoms with Gasteiger partial charge in [0, 0.05) is 5.54 Å². The fourth-order valence-corrected chi connectivity index (χ4v) is 2.57. The zero-order valence-corrected chi connectivity index (χ0v) is 9.12. The number of hydrogen-bond acceptors (Lipinski definition) is 4. The van der Waals surface area contributed by atoms with Gasteiger partial charge in [-0.3, -0.25) is 14.5 Å². The van der Waals surface area contributed by atoms with Crippen molar-refractivity contribution in [3.05, 3.63) is 0 Å². The van der Waals surface area contributed by atoms with Gasteiger partial charge < -0.3 is 4.74 Å². The van der Waals surface area contributed by atoms with Crippen molar-refractivity contribution in [3.63, 3.8) is 0 Å². The first-order valence-electron chi connectivity index (χ1n) is 5.59. The smallest absolute Gasteiger partial charge is 0.327 e. The molecule has 2 rings (SSSR count). The second-order valence-corrected chi connectivity index (χ2v) is 4.76. The molecule has 84 valence electrons. The summed E-state index contributed by atoms with van der Waals surface area (Å²) in [6.45, 7) is 2.68. The van der Waals surface area contributed by atoms with Crippen LogP contribution in [0.5, 0.6) is 0 Å². The van der Waals surface area contributed by atoms with E-state index in [4.69, 9.17) is 0 Å². The quantitative estimate of drug-likeness (QED) is 0.481. The van der Waals surface area contributed by atoms with Gasteiger partial charge in [-0.05, 0) is 19.8 Å². The summed E-state index contributed by atoms with van der Waals surface area (Å²) in [4.78, 5) is 24.4. The highest BCUT2D eigenvalue weighted by Crippen LogP contribution is 2.33. The largest absolute Gasteiger partial charge is 0.391 e. The SMILES string of the molecule is CC1(N2CC(=O)OC(=O)C2)CCCCC1. The number of nitrogens with zero attached hydrogens (tertiary/aromatic N) is 1. The van der Waals surface area contributed by atoms with E-state index in [2.05, 4.69) is 11.7 Å². The van der Waals surface area contributed by atoms with Gasteiger partial charge >= 0.3 is 11.9 Å². The molecule has 0 bridgehead atoms. The van der Waals surface area contributed by atoms with Gasteiger partial charge in [0.05, 0.1) is 13.1 Å². The summed E-state index contributed by atoms with van der Waals surface area (Å²) in [6.07, 6.45) is 5.80. The maximum atomic E-state index is 11.2. The van der Waals surface area contributed by atoms with Crippen LogP contribution < -0.4 is 0 Å². The predicted octanol–water partition coefficient (Wildman–Crippen LogP) is 1.09. The highest BCUT2D eigenvalue weighted by molar-refractivity contribution is 5.90. The first-order valence-corrected chi connectivity index (χ1v) is 5.59. The van der Waals surface area contributed by atoms with Crippen molar-refractivity contribution in [2.24, 2.45) is 0 Å². The molecule has 0 aromatic rings. The fraction of sp³-hybridized carbons (Fsp3) is 0.818. The molecule has 4 nitrogen and oxygen atoms in total. The molecule has 1 saturated heterocycles. The molecule has 0 radical (unpaired) electrons. The van der Waals surface area contributed by atoms with Crippen molar-refractivity contribution in [1.29, 1.82) is 0 Å². The van der Waals surface area contributed by atoms with Crippen LogP contribution in [0.1, 0.15) is 39.0 Å². The Morgan fingerprint density at radius 1 is 1.07 bits per heavy atom. The lowest BCUT2D eigenvalue weighted by molar-refractivity contribution is -0.170. The Morgan fingerprint density at radius 2 is 1.60 bits per heavy atom. The fourth-order valence-electron chi connectivity index (χ4n) is 2.57. The van der Waals surface area contributed by atoms with Crippen LogP contribution in [0.25, 0.3) is 0 Å². The van der Waals surface area contributed by atoms with Crippen LogP contribution in [0, 0.1) is 0 Å². The number of hydrogen-bond donors (Lipinski definition) is 0. The van der Waals surface area contributed by atoms with Gasteiger partial charge in [-0.25, -0.2) is 0 Å². The number of carbonyl (C=O) groups is 2. The zero-order valence-electron chi connectivity index (χ0n) is 9.12. The Balaban J connectivity index is 2.07. The number of rotatable bonds is 1. The molecular weight excluding hydrogens is 194 g/mol. The van der Waals surface area contributed by atoms with Gasteiger partial charge in [-0.2, -0.15) is 0 Å². The molecule has 15 heavy (non-hydrogen) atoms. The van der Waals surface area contributed by atoms with Gasteiger partial charge in [0.1, 0.15) is 0 Å². The van der Waals surface area contributed by atoms with Crippen LogP contribution in [0.2, 0.25) is 0 Å². The second-order valence-electron chi connectivity index (χ2n) is 4.76. The molecular formula is C11H17NO3. The number of ether oxygens (including phenoxy) is 1. The van der Waals surface area contributed by atoms with Gasteiger partial charge in [-0.1, -0.05) is 19.3 Å². The summed E-state index contributed by atoms with van der Waals surface area (Å²) >= 11 is 0. The van der Waals surface area contributed by atoms with Crippen LogP contribution in [0.3, 0.4) is 0 Å². The van der Waals surface area contributed by atoms with E-state index in [9.17, 15) is 9.59 Å². The number of morpholine rings is 1. The molecule has 0 unspecified atom stereocenters. The lowest BCUT2D eigenvalue weighted by Crippen LogP contribution is -2.55.